The third-order valence-electron chi connectivity index (χ3n) is 3.12. The number of hydrogen-bond acceptors (Lipinski definition) is 3. The normalized spacial score (nSPS) is 11.4. The molecule has 1 heterocycles. The lowest BCUT2D eigenvalue weighted by Crippen LogP contribution is -2.21. The summed E-state index contributed by atoms with van der Waals surface area (Å²) >= 11 is 0. The number of nitrogens with zero attached hydrogens (tertiary/aromatic N) is 2. The molecule has 0 saturated carbocycles. The van der Waals surface area contributed by atoms with E-state index in [-0.39, 0.29) is 0 Å². The molecule has 0 unspecified atom stereocenters. The van der Waals surface area contributed by atoms with Crippen molar-refractivity contribution < 1.29 is 0 Å². The first-order chi connectivity index (χ1) is 9.18. The van der Waals surface area contributed by atoms with Gasteiger partial charge in [0, 0.05) is 18.9 Å². The number of nitrogens with one attached hydrogen (secondary N) is 1. The highest BCUT2D eigenvalue weighted by Crippen LogP contribution is 2.03. The Hall–Kier alpha value is -0.930. The zero-order valence-corrected chi connectivity index (χ0v) is 12.7. The largest absolute Gasteiger partial charge is 0.316 e. The molecule has 0 aromatic carbocycles. The van der Waals surface area contributed by atoms with Gasteiger partial charge < -0.3 is 10.2 Å². The summed E-state index contributed by atoms with van der Waals surface area (Å²) in [5, 5.41) is 3.49. The van der Waals surface area contributed by atoms with Crippen LogP contribution in [0.25, 0.3) is 0 Å². The van der Waals surface area contributed by atoms with E-state index in [2.05, 4.69) is 42.2 Å². The molecule has 0 amide bonds. The number of aromatic nitrogens is 1. The number of unbranched alkanes of at least 4 members (excludes halogenated alkanes) is 2. The SMILES string of the molecule is CC(C)CNCCCCCN(C)Cc1cccnc1. The molecule has 0 saturated heterocycles. The molecule has 0 aliphatic carbocycles. The van der Waals surface area contributed by atoms with E-state index in [4.69, 9.17) is 0 Å². The summed E-state index contributed by atoms with van der Waals surface area (Å²) in [6, 6.07) is 4.14. The van der Waals surface area contributed by atoms with E-state index in [1.54, 1.807) is 0 Å². The van der Waals surface area contributed by atoms with Gasteiger partial charge in [0.1, 0.15) is 0 Å². The highest BCUT2D eigenvalue weighted by atomic mass is 15.1. The van der Waals surface area contributed by atoms with Crippen molar-refractivity contribution in [3.05, 3.63) is 30.1 Å². The van der Waals surface area contributed by atoms with Crippen molar-refractivity contribution in [3.63, 3.8) is 0 Å². The average molecular weight is 263 g/mol. The third kappa shape index (κ3) is 8.73. The molecule has 0 atom stereocenters. The van der Waals surface area contributed by atoms with Gasteiger partial charge in [0.25, 0.3) is 0 Å². The minimum absolute atomic E-state index is 0.755. The van der Waals surface area contributed by atoms with Crippen LogP contribution < -0.4 is 5.32 Å². The molecule has 1 rings (SSSR count). The summed E-state index contributed by atoms with van der Waals surface area (Å²) in [6.07, 6.45) is 7.65. The Kier molecular flexibility index (Phi) is 8.43. The molecule has 3 heteroatoms. The summed E-state index contributed by atoms with van der Waals surface area (Å²) in [4.78, 5) is 6.52. The molecule has 19 heavy (non-hydrogen) atoms. The summed E-state index contributed by atoms with van der Waals surface area (Å²) in [5.74, 6) is 0.755. The van der Waals surface area contributed by atoms with Crippen molar-refractivity contribution in [2.24, 2.45) is 5.92 Å². The van der Waals surface area contributed by atoms with E-state index in [1.807, 2.05) is 18.5 Å². The zero-order chi connectivity index (χ0) is 13.9. The first-order valence-electron chi connectivity index (χ1n) is 7.46. The van der Waals surface area contributed by atoms with Crippen LogP contribution in [-0.4, -0.2) is 36.6 Å². The van der Waals surface area contributed by atoms with Gasteiger partial charge in [-0.25, -0.2) is 0 Å². The lowest BCUT2D eigenvalue weighted by Gasteiger charge is -2.16. The summed E-state index contributed by atoms with van der Waals surface area (Å²) in [6.45, 7) is 8.96. The van der Waals surface area contributed by atoms with Crippen molar-refractivity contribution in [3.8, 4) is 0 Å². The van der Waals surface area contributed by atoms with Gasteiger partial charge in [0.2, 0.25) is 0 Å². The second kappa shape index (κ2) is 9.93. The van der Waals surface area contributed by atoms with Crippen molar-refractivity contribution in [2.75, 3.05) is 26.7 Å². The predicted octanol–water partition coefficient (Wildman–Crippen LogP) is 2.93. The van der Waals surface area contributed by atoms with E-state index in [9.17, 15) is 0 Å². The smallest absolute Gasteiger partial charge is 0.0312 e. The third-order valence-corrected chi connectivity index (χ3v) is 3.12. The van der Waals surface area contributed by atoms with Crippen LogP contribution in [-0.2, 0) is 6.54 Å². The van der Waals surface area contributed by atoms with Crippen LogP contribution in [0, 0.1) is 5.92 Å². The van der Waals surface area contributed by atoms with Crippen LogP contribution in [0.1, 0.15) is 38.7 Å². The van der Waals surface area contributed by atoms with Gasteiger partial charge in [-0.05, 0) is 57.1 Å². The fourth-order valence-electron chi connectivity index (χ4n) is 2.08. The molecule has 1 aromatic heterocycles. The van der Waals surface area contributed by atoms with Gasteiger partial charge in [-0.15, -0.1) is 0 Å². The van der Waals surface area contributed by atoms with Crippen LogP contribution in [0.2, 0.25) is 0 Å². The quantitative estimate of drug-likeness (QED) is 0.658. The van der Waals surface area contributed by atoms with Crippen LogP contribution in [0.15, 0.2) is 24.5 Å². The highest BCUT2D eigenvalue weighted by molar-refractivity contribution is 5.07. The number of pyridine rings is 1. The molecular formula is C16H29N3. The van der Waals surface area contributed by atoms with E-state index >= 15 is 0 Å². The van der Waals surface area contributed by atoms with Crippen LogP contribution in [0.5, 0.6) is 0 Å². The summed E-state index contributed by atoms with van der Waals surface area (Å²) < 4.78 is 0. The molecule has 3 nitrogen and oxygen atoms in total. The molecule has 0 fully saturated rings. The molecule has 1 N–H and O–H groups in total. The fraction of sp³-hybridized carbons (Fsp3) is 0.688. The Balaban J connectivity index is 1.97. The van der Waals surface area contributed by atoms with Gasteiger partial charge in [0.05, 0.1) is 0 Å². The van der Waals surface area contributed by atoms with E-state index in [0.29, 0.717) is 0 Å². The molecular weight excluding hydrogens is 234 g/mol. The molecule has 0 spiro atoms. The second-order valence-electron chi connectivity index (χ2n) is 5.76. The van der Waals surface area contributed by atoms with Gasteiger partial charge in [-0.1, -0.05) is 26.3 Å². The summed E-state index contributed by atoms with van der Waals surface area (Å²) in [5.41, 5.74) is 1.30. The molecule has 0 radical (unpaired) electrons. The van der Waals surface area contributed by atoms with E-state index in [1.165, 1.54) is 31.4 Å². The lowest BCUT2D eigenvalue weighted by atomic mass is 10.2. The Morgan fingerprint density at radius 1 is 1.26 bits per heavy atom. The Bertz CT molecular complexity index is 311. The predicted molar refractivity (Wildman–Crippen MR) is 82.1 cm³/mol. The maximum absolute atomic E-state index is 4.15. The van der Waals surface area contributed by atoms with E-state index in [0.717, 1.165) is 25.6 Å². The summed E-state index contributed by atoms with van der Waals surface area (Å²) in [7, 11) is 2.18. The van der Waals surface area contributed by atoms with E-state index < -0.39 is 0 Å². The topological polar surface area (TPSA) is 28.2 Å². The zero-order valence-electron chi connectivity index (χ0n) is 12.7. The van der Waals surface area contributed by atoms with Gasteiger partial charge in [-0.2, -0.15) is 0 Å². The number of rotatable bonds is 10. The van der Waals surface area contributed by atoms with Crippen molar-refractivity contribution in [1.82, 2.24) is 15.2 Å². The average Bonchev–Trinajstić information content (AvgIpc) is 2.38. The van der Waals surface area contributed by atoms with Gasteiger partial charge in [-0.3, -0.25) is 4.98 Å². The highest BCUT2D eigenvalue weighted by Gasteiger charge is 2.00. The van der Waals surface area contributed by atoms with Crippen LogP contribution in [0.3, 0.4) is 0 Å². The Morgan fingerprint density at radius 2 is 2.11 bits per heavy atom. The lowest BCUT2D eigenvalue weighted by molar-refractivity contribution is 0.316. The Morgan fingerprint density at radius 3 is 2.79 bits per heavy atom. The van der Waals surface area contributed by atoms with Crippen LogP contribution in [0.4, 0.5) is 0 Å². The maximum Gasteiger partial charge on any atom is 0.0312 e. The maximum atomic E-state index is 4.15. The first kappa shape index (κ1) is 16.1. The van der Waals surface area contributed by atoms with Crippen molar-refractivity contribution >= 4 is 0 Å². The molecule has 108 valence electrons. The molecule has 0 aliphatic heterocycles. The minimum Gasteiger partial charge on any atom is -0.316 e. The van der Waals surface area contributed by atoms with Gasteiger partial charge in [0.15, 0.2) is 0 Å². The standard InChI is InChI=1S/C16H29N3/c1-15(2)12-17-9-5-4-6-11-19(3)14-16-8-7-10-18-13-16/h7-8,10,13,15,17H,4-6,9,11-12,14H2,1-3H3. The Labute approximate surface area is 118 Å². The number of hydrogen-bond donors (Lipinski definition) is 1. The molecule has 1 aromatic rings. The minimum atomic E-state index is 0.755. The second-order valence-corrected chi connectivity index (χ2v) is 5.76. The van der Waals surface area contributed by atoms with Crippen molar-refractivity contribution in [1.29, 1.82) is 0 Å². The van der Waals surface area contributed by atoms with Crippen LogP contribution >= 0.6 is 0 Å². The fourth-order valence-corrected chi connectivity index (χ4v) is 2.08. The molecule has 0 bridgehead atoms. The molecule has 0 aliphatic rings. The van der Waals surface area contributed by atoms with Crippen molar-refractivity contribution in [2.45, 2.75) is 39.7 Å². The first-order valence-corrected chi connectivity index (χ1v) is 7.46. The monoisotopic (exact) mass is 263 g/mol. The van der Waals surface area contributed by atoms with Gasteiger partial charge >= 0.3 is 0 Å².